The Kier molecular flexibility index (Phi) is 6.32. The second-order valence-electron chi connectivity index (χ2n) is 5.99. The lowest BCUT2D eigenvalue weighted by molar-refractivity contribution is -0.121. The van der Waals surface area contributed by atoms with Crippen LogP contribution in [0.3, 0.4) is 0 Å². The zero-order chi connectivity index (χ0) is 16.6. The molecule has 2 N–H and O–H groups in total. The molecule has 3 rings (SSSR count). The molecule has 1 aromatic heterocycles. The zero-order valence-corrected chi connectivity index (χ0v) is 14.6. The number of hydrogen-bond donors (Lipinski definition) is 2. The average Bonchev–Trinajstić information content (AvgIpc) is 3.09. The van der Waals surface area contributed by atoms with E-state index >= 15 is 0 Å². The Morgan fingerprint density at radius 2 is 2.21 bits per heavy atom. The van der Waals surface area contributed by atoms with Crippen LogP contribution in [-0.4, -0.2) is 41.1 Å². The largest absolute Gasteiger partial charge is 0.354 e. The van der Waals surface area contributed by atoms with Crippen LogP contribution >= 0.6 is 11.8 Å². The van der Waals surface area contributed by atoms with Gasteiger partial charge < -0.3 is 10.6 Å². The van der Waals surface area contributed by atoms with Crippen molar-refractivity contribution >= 4 is 17.7 Å². The number of benzene rings is 1. The topological polar surface area (TPSA) is 59.0 Å². The molecule has 1 aliphatic rings. The van der Waals surface area contributed by atoms with Crippen LogP contribution in [0.1, 0.15) is 24.5 Å². The Hall–Kier alpha value is -1.79. The van der Waals surface area contributed by atoms with Gasteiger partial charge in [0.2, 0.25) is 5.91 Å². The highest BCUT2D eigenvalue weighted by Crippen LogP contribution is 2.21. The van der Waals surface area contributed by atoms with Crippen molar-refractivity contribution in [2.24, 2.45) is 0 Å². The van der Waals surface area contributed by atoms with Gasteiger partial charge in [-0.05, 0) is 37.6 Å². The summed E-state index contributed by atoms with van der Waals surface area (Å²) in [5, 5.41) is 10.9. The van der Waals surface area contributed by atoms with Crippen molar-refractivity contribution in [3.63, 3.8) is 0 Å². The number of carbonyl (C=O) groups is 1. The van der Waals surface area contributed by atoms with Crippen molar-refractivity contribution in [1.29, 1.82) is 0 Å². The van der Waals surface area contributed by atoms with Gasteiger partial charge in [-0.3, -0.25) is 9.48 Å². The van der Waals surface area contributed by atoms with Crippen molar-refractivity contribution in [3.8, 4) is 0 Å². The zero-order valence-electron chi connectivity index (χ0n) is 13.8. The van der Waals surface area contributed by atoms with Gasteiger partial charge in [0.05, 0.1) is 5.69 Å². The molecule has 24 heavy (non-hydrogen) atoms. The number of nitrogens with one attached hydrogen (secondary N) is 2. The first-order chi connectivity index (χ1) is 11.8. The summed E-state index contributed by atoms with van der Waals surface area (Å²) in [6, 6.07) is 12.3. The Balaban J connectivity index is 1.38. The van der Waals surface area contributed by atoms with Crippen LogP contribution in [0.15, 0.2) is 47.5 Å². The second kappa shape index (κ2) is 8.89. The number of rotatable bonds is 7. The van der Waals surface area contributed by atoms with Crippen molar-refractivity contribution < 1.29 is 4.79 Å². The third-order valence-electron chi connectivity index (χ3n) is 4.12. The maximum absolute atomic E-state index is 12.0. The molecule has 1 aliphatic heterocycles. The summed E-state index contributed by atoms with van der Waals surface area (Å²) in [6.45, 7) is 3.04. The van der Waals surface area contributed by atoms with E-state index in [1.807, 2.05) is 30.5 Å². The van der Waals surface area contributed by atoms with Gasteiger partial charge in [-0.15, -0.1) is 11.8 Å². The summed E-state index contributed by atoms with van der Waals surface area (Å²) < 4.78 is 1.74. The van der Waals surface area contributed by atoms with Gasteiger partial charge in [-0.2, -0.15) is 5.10 Å². The molecule has 1 atom stereocenters. The van der Waals surface area contributed by atoms with E-state index in [1.165, 1.54) is 17.7 Å². The van der Waals surface area contributed by atoms with Gasteiger partial charge in [0, 0.05) is 35.9 Å². The molecule has 5 nitrogen and oxygen atoms in total. The lowest BCUT2D eigenvalue weighted by Gasteiger charge is -2.20. The van der Waals surface area contributed by atoms with Gasteiger partial charge in [0.25, 0.3) is 0 Å². The highest BCUT2D eigenvalue weighted by atomic mass is 32.2. The van der Waals surface area contributed by atoms with E-state index in [0.29, 0.717) is 12.5 Å². The molecule has 2 heterocycles. The molecule has 1 amide bonds. The summed E-state index contributed by atoms with van der Waals surface area (Å²) >= 11 is 1.75. The Morgan fingerprint density at radius 1 is 1.33 bits per heavy atom. The molecule has 2 aromatic rings. The van der Waals surface area contributed by atoms with Crippen LogP contribution in [0.4, 0.5) is 0 Å². The lowest BCUT2D eigenvalue weighted by Crippen LogP contribution is -2.30. The minimum absolute atomic E-state index is 0.0140. The molecule has 1 fully saturated rings. The number of thioether (sulfide) groups is 1. The summed E-state index contributed by atoms with van der Waals surface area (Å²) in [6.07, 6.45) is 4.27. The highest BCUT2D eigenvalue weighted by Gasteiger charge is 2.17. The van der Waals surface area contributed by atoms with Gasteiger partial charge >= 0.3 is 0 Å². The first kappa shape index (κ1) is 17.0. The Labute approximate surface area is 147 Å². The molecule has 1 aromatic carbocycles. The summed E-state index contributed by atoms with van der Waals surface area (Å²) in [5.74, 6) is 1.36. The van der Waals surface area contributed by atoms with Crippen molar-refractivity contribution in [2.45, 2.75) is 30.2 Å². The molecule has 0 saturated carbocycles. The van der Waals surface area contributed by atoms with Crippen molar-refractivity contribution in [2.75, 3.05) is 25.4 Å². The molecule has 0 spiro atoms. The van der Waals surface area contributed by atoms with Crippen LogP contribution in [0.2, 0.25) is 0 Å². The van der Waals surface area contributed by atoms with Gasteiger partial charge in [-0.25, -0.2) is 0 Å². The molecule has 1 unspecified atom stereocenters. The Bertz CT molecular complexity index is 637. The van der Waals surface area contributed by atoms with Crippen molar-refractivity contribution in [3.05, 3.63) is 48.3 Å². The average molecular weight is 344 g/mol. The monoisotopic (exact) mass is 344 g/mol. The molecular formula is C18H24N4OS. The molecule has 0 radical (unpaired) electrons. The quantitative estimate of drug-likeness (QED) is 0.597. The third-order valence-corrected chi connectivity index (χ3v) is 5.13. The number of aromatic nitrogens is 2. The third kappa shape index (κ3) is 5.11. The fraction of sp³-hybridized carbons (Fsp3) is 0.444. The predicted octanol–water partition coefficient (Wildman–Crippen LogP) is 2.26. The van der Waals surface area contributed by atoms with E-state index in [1.54, 1.807) is 16.4 Å². The van der Waals surface area contributed by atoms with E-state index in [-0.39, 0.29) is 12.5 Å². The van der Waals surface area contributed by atoms with E-state index < -0.39 is 0 Å². The number of amides is 1. The minimum Gasteiger partial charge on any atom is -0.354 e. The highest BCUT2D eigenvalue weighted by molar-refractivity contribution is 7.99. The van der Waals surface area contributed by atoms with E-state index in [4.69, 9.17) is 0 Å². The van der Waals surface area contributed by atoms with E-state index in [9.17, 15) is 4.79 Å². The first-order valence-electron chi connectivity index (χ1n) is 8.50. The SMILES string of the molecule is O=C(Cn1ccc(C2CCCNC2)n1)NCCSc1ccccc1. The van der Waals surface area contributed by atoms with Gasteiger partial charge in [0.1, 0.15) is 6.54 Å². The summed E-state index contributed by atoms with van der Waals surface area (Å²) in [7, 11) is 0. The van der Waals surface area contributed by atoms with Gasteiger partial charge in [-0.1, -0.05) is 18.2 Å². The standard InChI is InChI=1S/C18H24N4OS/c23-18(20-10-12-24-16-6-2-1-3-7-16)14-22-11-8-17(21-22)15-5-4-9-19-13-15/h1-3,6-8,11,15,19H,4-5,9-10,12-14H2,(H,20,23). The molecular weight excluding hydrogens is 320 g/mol. The molecule has 0 aliphatic carbocycles. The van der Waals surface area contributed by atoms with E-state index in [0.717, 1.165) is 24.5 Å². The fourth-order valence-electron chi connectivity index (χ4n) is 2.87. The van der Waals surface area contributed by atoms with Crippen LogP contribution in [0.5, 0.6) is 0 Å². The fourth-order valence-corrected chi connectivity index (χ4v) is 3.66. The van der Waals surface area contributed by atoms with Crippen LogP contribution < -0.4 is 10.6 Å². The predicted molar refractivity (Wildman–Crippen MR) is 97.2 cm³/mol. The van der Waals surface area contributed by atoms with Gasteiger partial charge in [0.15, 0.2) is 0 Å². The second-order valence-corrected chi connectivity index (χ2v) is 7.16. The van der Waals surface area contributed by atoms with E-state index in [2.05, 4.69) is 27.9 Å². The maximum atomic E-state index is 12.0. The smallest absolute Gasteiger partial charge is 0.241 e. The normalized spacial score (nSPS) is 17.6. The molecule has 6 heteroatoms. The number of hydrogen-bond acceptors (Lipinski definition) is 4. The molecule has 128 valence electrons. The minimum atomic E-state index is 0.0140. The van der Waals surface area contributed by atoms with Crippen molar-refractivity contribution in [1.82, 2.24) is 20.4 Å². The Morgan fingerprint density at radius 3 is 3.00 bits per heavy atom. The number of nitrogens with zero attached hydrogens (tertiary/aromatic N) is 2. The number of piperidine rings is 1. The molecule has 0 bridgehead atoms. The van der Waals surface area contributed by atoms with Crippen LogP contribution in [0, 0.1) is 0 Å². The maximum Gasteiger partial charge on any atom is 0.241 e. The summed E-state index contributed by atoms with van der Waals surface area (Å²) in [5.41, 5.74) is 1.09. The first-order valence-corrected chi connectivity index (χ1v) is 9.48. The summed E-state index contributed by atoms with van der Waals surface area (Å²) in [4.78, 5) is 13.2. The van der Waals surface area contributed by atoms with Crippen LogP contribution in [0.25, 0.3) is 0 Å². The number of carbonyl (C=O) groups excluding carboxylic acids is 1. The molecule has 1 saturated heterocycles. The van der Waals surface area contributed by atoms with Crippen LogP contribution in [-0.2, 0) is 11.3 Å². The lowest BCUT2D eigenvalue weighted by atomic mass is 9.97.